The third kappa shape index (κ3) is 4.60. The van der Waals surface area contributed by atoms with Crippen LogP contribution < -0.4 is 10.6 Å². The van der Waals surface area contributed by atoms with Gasteiger partial charge in [0.2, 0.25) is 0 Å². The van der Waals surface area contributed by atoms with Crippen molar-refractivity contribution in [3.05, 3.63) is 40.6 Å². The van der Waals surface area contributed by atoms with Gasteiger partial charge < -0.3 is 10.6 Å². The van der Waals surface area contributed by atoms with E-state index in [1.54, 1.807) is 18.3 Å². The number of aromatic nitrogens is 3. The second-order valence-corrected chi connectivity index (χ2v) is 5.86. The number of carbonyl (C=O) groups is 1. The SMILES string of the molecule is CCc1ncccc1C(=O)Nc1c(Cl)nc(C)nc1NC(C)C(F)(F)F. The maximum Gasteiger partial charge on any atom is 0.408 e. The number of aryl methyl sites for hydroxylation is 2. The third-order valence-electron chi connectivity index (χ3n) is 3.53. The van der Waals surface area contributed by atoms with Gasteiger partial charge in [0.25, 0.3) is 5.91 Å². The number of pyridine rings is 1. The highest BCUT2D eigenvalue weighted by molar-refractivity contribution is 6.33. The Bertz CT molecular complexity index is 813. The number of hydrogen-bond donors (Lipinski definition) is 2. The summed E-state index contributed by atoms with van der Waals surface area (Å²) in [6.07, 6.45) is -2.43. The molecule has 0 radical (unpaired) electrons. The van der Waals surface area contributed by atoms with Crippen LogP contribution in [-0.2, 0) is 6.42 Å². The summed E-state index contributed by atoms with van der Waals surface area (Å²) in [4.78, 5) is 24.5. The van der Waals surface area contributed by atoms with Gasteiger partial charge in [0, 0.05) is 6.20 Å². The molecule has 0 spiro atoms. The smallest absolute Gasteiger partial charge is 0.357 e. The Hall–Kier alpha value is -2.42. The van der Waals surface area contributed by atoms with Crippen LogP contribution in [0.3, 0.4) is 0 Å². The standard InChI is InChI=1S/C16H17ClF3N5O/c1-4-11-10(6-5-7-21-11)15(26)25-12-13(17)23-9(3)24-14(12)22-8(2)16(18,19)20/h5-8H,4H2,1-3H3,(H,25,26)(H,22,23,24). The van der Waals surface area contributed by atoms with Gasteiger partial charge in [-0.05, 0) is 32.4 Å². The van der Waals surface area contributed by atoms with Crippen molar-refractivity contribution in [3.8, 4) is 0 Å². The van der Waals surface area contributed by atoms with E-state index < -0.39 is 18.1 Å². The first-order valence-corrected chi connectivity index (χ1v) is 8.13. The lowest BCUT2D eigenvalue weighted by Gasteiger charge is -2.20. The minimum absolute atomic E-state index is 0.121. The molecule has 2 aromatic heterocycles. The van der Waals surface area contributed by atoms with Crippen molar-refractivity contribution in [2.75, 3.05) is 10.6 Å². The van der Waals surface area contributed by atoms with Gasteiger partial charge in [0.1, 0.15) is 17.6 Å². The number of rotatable bonds is 5. The molecule has 0 aliphatic rings. The Morgan fingerprint density at radius 1 is 1.35 bits per heavy atom. The quantitative estimate of drug-likeness (QED) is 0.758. The predicted molar refractivity (Wildman–Crippen MR) is 92.5 cm³/mol. The molecule has 140 valence electrons. The minimum Gasteiger partial charge on any atom is -0.357 e. The van der Waals surface area contributed by atoms with Gasteiger partial charge in [0.15, 0.2) is 11.0 Å². The fraction of sp³-hybridized carbons (Fsp3) is 0.375. The first kappa shape index (κ1) is 19.9. The number of carbonyl (C=O) groups excluding carboxylic acids is 1. The molecule has 1 unspecified atom stereocenters. The molecular weight excluding hydrogens is 371 g/mol. The number of amides is 1. The van der Waals surface area contributed by atoms with Crippen molar-refractivity contribution in [1.29, 1.82) is 0 Å². The summed E-state index contributed by atoms with van der Waals surface area (Å²) in [6.45, 7) is 4.25. The Balaban J connectivity index is 2.38. The van der Waals surface area contributed by atoms with Crippen molar-refractivity contribution in [3.63, 3.8) is 0 Å². The zero-order chi connectivity index (χ0) is 19.5. The van der Waals surface area contributed by atoms with E-state index in [1.807, 2.05) is 6.92 Å². The molecule has 0 aliphatic carbocycles. The van der Waals surface area contributed by atoms with Gasteiger partial charge in [-0.15, -0.1) is 0 Å². The largest absolute Gasteiger partial charge is 0.408 e. The van der Waals surface area contributed by atoms with Gasteiger partial charge in [0.05, 0.1) is 11.3 Å². The van der Waals surface area contributed by atoms with Gasteiger partial charge in [-0.3, -0.25) is 9.78 Å². The molecule has 1 atom stereocenters. The molecule has 0 bridgehead atoms. The normalized spacial score (nSPS) is 12.6. The van der Waals surface area contributed by atoms with Crippen LogP contribution in [0, 0.1) is 6.92 Å². The van der Waals surface area contributed by atoms with Crippen molar-refractivity contribution >= 4 is 29.0 Å². The molecule has 2 heterocycles. The number of nitrogens with zero attached hydrogens (tertiary/aromatic N) is 3. The average Bonchev–Trinajstić information content (AvgIpc) is 2.56. The summed E-state index contributed by atoms with van der Waals surface area (Å²) in [6, 6.07) is 1.26. The lowest BCUT2D eigenvalue weighted by molar-refractivity contribution is -0.138. The lowest BCUT2D eigenvalue weighted by Crippen LogP contribution is -2.34. The highest BCUT2D eigenvalue weighted by Gasteiger charge is 2.37. The highest BCUT2D eigenvalue weighted by atomic mass is 35.5. The molecule has 0 fully saturated rings. The molecule has 0 saturated heterocycles. The summed E-state index contributed by atoms with van der Waals surface area (Å²) >= 11 is 6.03. The van der Waals surface area contributed by atoms with E-state index in [4.69, 9.17) is 11.6 Å². The van der Waals surface area contributed by atoms with Crippen molar-refractivity contribution in [1.82, 2.24) is 15.0 Å². The Morgan fingerprint density at radius 3 is 2.65 bits per heavy atom. The predicted octanol–water partition coefficient (Wildman–Crippen LogP) is 4.01. The van der Waals surface area contributed by atoms with E-state index in [0.29, 0.717) is 17.7 Å². The highest BCUT2D eigenvalue weighted by Crippen LogP contribution is 2.31. The van der Waals surface area contributed by atoms with Crippen LogP contribution in [0.1, 0.15) is 35.7 Å². The van der Waals surface area contributed by atoms with Crippen molar-refractivity contribution < 1.29 is 18.0 Å². The summed E-state index contributed by atoms with van der Waals surface area (Å²) in [5, 5.41) is 4.55. The lowest BCUT2D eigenvalue weighted by atomic mass is 10.1. The summed E-state index contributed by atoms with van der Waals surface area (Å²) in [5.74, 6) is -0.602. The van der Waals surface area contributed by atoms with E-state index in [0.717, 1.165) is 6.92 Å². The van der Waals surface area contributed by atoms with Crippen molar-refractivity contribution in [2.24, 2.45) is 0 Å². The Morgan fingerprint density at radius 2 is 2.04 bits per heavy atom. The second-order valence-electron chi connectivity index (χ2n) is 5.50. The number of alkyl halides is 3. The van der Waals surface area contributed by atoms with Crippen LogP contribution >= 0.6 is 11.6 Å². The van der Waals surface area contributed by atoms with Crippen LogP contribution in [0.4, 0.5) is 24.7 Å². The summed E-state index contributed by atoms with van der Waals surface area (Å²) < 4.78 is 38.6. The fourth-order valence-electron chi connectivity index (χ4n) is 2.15. The van der Waals surface area contributed by atoms with Gasteiger partial charge in [-0.2, -0.15) is 13.2 Å². The zero-order valence-corrected chi connectivity index (χ0v) is 15.0. The molecule has 0 saturated carbocycles. The molecule has 6 nitrogen and oxygen atoms in total. The van der Waals surface area contributed by atoms with Gasteiger partial charge >= 0.3 is 6.18 Å². The first-order valence-electron chi connectivity index (χ1n) is 7.76. The molecule has 26 heavy (non-hydrogen) atoms. The van der Waals surface area contributed by atoms with E-state index in [2.05, 4.69) is 25.6 Å². The van der Waals surface area contributed by atoms with Crippen LogP contribution in [0.2, 0.25) is 5.15 Å². The van der Waals surface area contributed by atoms with Crippen LogP contribution in [0.25, 0.3) is 0 Å². The number of hydrogen-bond acceptors (Lipinski definition) is 5. The van der Waals surface area contributed by atoms with E-state index in [9.17, 15) is 18.0 Å². The summed E-state index contributed by atoms with van der Waals surface area (Å²) in [5.41, 5.74) is 0.720. The van der Waals surface area contributed by atoms with Gasteiger partial charge in [-0.25, -0.2) is 9.97 Å². The van der Waals surface area contributed by atoms with Crippen LogP contribution in [0.5, 0.6) is 0 Å². The fourth-order valence-corrected chi connectivity index (χ4v) is 2.41. The second kappa shape index (κ2) is 7.86. The number of nitrogens with one attached hydrogen (secondary N) is 2. The number of anilines is 2. The summed E-state index contributed by atoms with van der Waals surface area (Å²) in [7, 11) is 0. The molecule has 2 rings (SSSR count). The molecule has 2 aromatic rings. The Kier molecular flexibility index (Phi) is 6.01. The van der Waals surface area contributed by atoms with E-state index in [1.165, 1.54) is 6.92 Å². The van der Waals surface area contributed by atoms with E-state index in [-0.39, 0.29) is 22.5 Å². The molecule has 0 aliphatic heterocycles. The third-order valence-corrected chi connectivity index (χ3v) is 3.80. The minimum atomic E-state index is -4.49. The maximum absolute atomic E-state index is 12.9. The van der Waals surface area contributed by atoms with Crippen molar-refractivity contribution in [2.45, 2.75) is 39.4 Å². The van der Waals surface area contributed by atoms with E-state index >= 15 is 0 Å². The van der Waals surface area contributed by atoms with Crippen LogP contribution in [0.15, 0.2) is 18.3 Å². The topological polar surface area (TPSA) is 79.8 Å². The molecule has 2 N–H and O–H groups in total. The zero-order valence-electron chi connectivity index (χ0n) is 14.3. The van der Waals surface area contributed by atoms with Crippen LogP contribution in [-0.4, -0.2) is 33.1 Å². The molecular formula is C16H17ClF3N5O. The monoisotopic (exact) mass is 387 g/mol. The first-order chi connectivity index (χ1) is 12.1. The number of halogens is 4. The average molecular weight is 388 g/mol. The molecule has 1 amide bonds. The molecule has 10 heteroatoms. The van der Waals surface area contributed by atoms with Gasteiger partial charge in [-0.1, -0.05) is 18.5 Å². The Labute approximate surface area is 153 Å². The molecule has 0 aromatic carbocycles. The maximum atomic E-state index is 12.9.